The molecule has 7 nitrogen and oxygen atoms in total. The maximum Gasteiger partial charge on any atom is 0.239 e. The van der Waals surface area contributed by atoms with Crippen molar-refractivity contribution < 1.29 is 19.6 Å². The van der Waals surface area contributed by atoms with Crippen LogP contribution in [0.4, 0.5) is 11.4 Å². The second-order valence-corrected chi connectivity index (χ2v) is 8.44. The highest BCUT2D eigenvalue weighted by Crippen LogP contribution is 2.63. The molecule has 1 saturated heterocycles. The van der Waals surface area contributed by atoms with Gasteiger partial charge in [0.05, 0.1) is 28.6 Å². The molecular weight excluding hydrogens is 408 g/mol. The van der Waals surface area contributed by atoms with Crippen LogP contribution in [-0.2, 0) is 19.8 Å². The Morgan fingerprint density at radius 1 is 0.875 bits per heavy atom. The second kappa shape index (κ2) is 6.35. The Morgan fingerprint density at radius 3 is 1.97 bits per heavy atom. The van der Waals surface area contributed by atoms with E-state index in [2.05, 4.69) is 0 Å². The van der Waals surface area contributed by atoms with Gasteiger partial charge in [0.15, 0.2) is 0 Å². The summed E-state index contributed by atoms with van der Waals surface area (Å²) in [6.07, 6.45) is 0.830. The van der Waals surface area contributed by atoms with Crippen LogP contribution >= 0.6 is 0 Å². The summed E-state index contributed by atoms with van der Waals surface area (Å²) in [5.74, 6) is -2.68. The van der Waals surface area contributed by atoms with Gasteiger partial charge in [0, 0.05) is 5.92 Å². The molecule has 1 N–H and O–H groups in total. The Labute approximate surface area is 183 Å². The van der Waals surface area contributed by atoms with Crippen LogP contribution in [0.15, 0.2) is 72.8 Å². The fraction of sp³-hybridized carbons (Fsp3) is 0.160. The number of hydrogen-bond donors (Lipinski definition) is 1. The first kappa shape index (κ1) is 18.9. The van der Waals surface area contributed by atoms with Crippen LogP contribution < -0.4 is 10.1 Å². The lowest BCUT2D eigenvalue weighted by Crippen LogP contribution is -2.54. The van der Waals surface area contributed by atoms with Crippen LogP contribution in [0.3, 0.4) is 0 Å². The average molecular weight is 425 g/mol. The summed E-state index contributed by atoms with van der Waals surface area (Å²) in [6, 6.07) is 20.6. The quantitative estimate of drug-likeness (QED) is 0.393. The van der Waals surface area contributed by atoms with E-state index >= 15 is 0 Å². The molecular formula is C25H17N2O5-. The van der Waals surface area contributed by atoms with Gasteiger partial charge in [-0.15, -0.1) is 0 Å². The maximum absolute atomic E-state index is 13.8. The first-order valence-electron chi connectivity index (χ1n) is 10.3. The van der Waals surface area contributed by atoms with E-state index in [9.17, 15) is 19.6 Å². The molecule has 0 saturated carbocycles. The minimum absolute atomic E-state index is 0.0190. The van der Waals surface area contributed by atoms with Crippen LogP contribution in [0.2, 0.25) is 0 Å². The van der Waals surface area contributed by atoms with E-state index in [0.29, 0.717) is 5.69 Å². The smallest absolute Gasteiger partial charge is 0.239 e. The van der Waals surface area contributed by atoms with Gasteiger partial charge in [-0.1, -0.05) is 48.5 Å². The van der Waals surface area contributed by atoms with Crippen molar-refractivity contribution >= 4 is 29.5 Å². The van der Waals surface area contributed by atoms with Gasteiger partial charge in [-0.25, -0.2) is 4.90 Å². The van der Waals surface area contributed by atoms with Gasteiger partial charge in [-0.05, 0) is 46.5 Å². The largest absolute Gasteiger partial charge is 0.733 e. The molecule has 7 rings (SSSR count). The fourth-order valence-electron chi connectivity index (χ4n) is 6.01. The molecule has 0 unspecified atom stereocenters. The summed E-state index contributed by atoms with van der Waals surface area (Å²) >= 11 is 0. The molecule has 32 heavy (non-hydrogen) atoms. The summed E-state index contributed by atoms with van der Waals surface area (Å²) in [4.78, 5) is 41.5. The number of benzene rings is 3. The molecule has 0 aromatic heterocycles. The number of amides is 2. The molecule has 0 radical (unpaired) electrons. The minimum atomic E-state index is -1.25. The van der Waals surface area contributed by atoms with Gasteiger partial charge in [0.2, 0.25) is 11.8 Å². The van der Waals surface area contributed by atoms with Crippen molar-refractivity contribution in [1.82, 2.24) is 0 Å². The van der Waals surface area contributed by atoms with E-state index in [1.165, 1.54) is 24.3 Å². The van der Waals surface area contributed by atoms with Crippen molar-refractivity contribution in [2.75, 3.05) is 10.1 Å². The molecule has 7 heteroatoms. The molecule has 0 spiro atoms. The molecule has 2 atom stereocenters. The lowest BCUT2D eigenvalue weighted by molar-refractivity contribution is -0.128. The Bertz CT molecular complexity index is 1250. The molecule has 4 aliphatic rings. The Kier molecular flexibility index (Phi) is 3.75. The number of anilines is 2. The number of hydrogen-bond acceptors (Lipinski definition) is 6. The first-order valence-corrected chi connectivity index (χ1v) is 10.3. The third-order valence-electron chi connectivity index (χ3n) is 7.20. The SMILES string of the molecule is O=CC12c3ccccc3C(c3ccccc31)[C@H]1C(=O)N(c3ccc(N([O-])O)cc3)C(=O)[C@H]12. The highest BCUT2D eigenvalue weighted by molar-refractivity contribution is 6.24. The number of carbonyl (C=O) groups excluding carboxylic acids is 3. The van der Waals surface area contributed by atoms with E-state index in [1.54, 1.807) is 0 Å². The topological polar surface area (TPSA) is 101 Å². The first-order chi connectivity index (χ1) is 15.5. The second-order valence-electron chi connectivity index (χ2n) is 8.44. The fourth-order valence-corrected chi connectivity index (χ4v) is 6.01. The molecule has 1 fully saturated rings. The summed E-state index contributed by atoms with van der Waals surface area (Å²) < 4.78 is 0. The number of nitrogens with zero attached hydrogens (tertiary/aromatic N) is 2. The van der Waals surface area contributed by atoms with Gasteiger partial charge in [0.1, 0.15) is 6.29 Å². The molecule has 3 aromatic carbocycles. The van der Waals surface area contributed by atoms with E-state index in [4.69, 9.17) is 5.21 Å². The van der Waals surface area contributed by atoms with Crippen LogP contribution in [-0.4, -0.2) is 23.3 Å². The summed E-state index contributed by atoms with van der Waals surface area (Å²) in [5, 5.41) is 19.9. The lowest BCUT2D eigenvalue weighted by atomic mass is 9.48. The van der Waals surface area contributed by atoms with Crippen molar-refractivity contribution in [2.45, 2.75) is 11.3 Å². The van der Waals surface area contributed by atoms with E-state index in [-0.39, 0.29) is 22.7 Å². The lowest BCUT2D eigenvalue weighted by Gasteiger charge is -2.51. The number of aldehydes is 1. The predicted octanol–water partition coefficient (Wildman–Crippen LogP) is 3.13. The van der Waals surface area contributed by atoms with E-state index in [0.717, 1.165) is 33.4 Å². The summed E-state index contributed by atoms with van der Waals surface area (Å²) in [7, 11) is 0. The third-order valence-corrected chi connectivity index (χ3v) is 7.20. The summed E-state index contributed by atoms with van der Waals surface area (Å²) in [6.45, 7) is 0. The van der Waals surface area contributed by atoms with Crippen molar-refractivity contribution in [3.05, 3.63) is 100 Å². The van der Waals surface area contributed by atoms with E-state index < -0.39 is 23.2 Å². The number of rotatable bonds is 3. The van der Waals surface area contributed by atoms with Crippen LogP contribution in [0.25, 0.3) is 0 Å². The number of carbonyl (C=O) groups is 3. The Hall–Kier alpha value is -3.81. The monoisotopic (exact) mass is 425 g/mol. The molecule has 2 amide bonds. The van der Waals surface area contributed by atoms with Gasteiger partial charge < -0.3 is 15.2 Å². The van der Waals surface area contributed by atoms with Crippen molar-refractivity contribution in [2.24, 2.45) is 11.8 Å². The van der Waals surface area contributed by atoms with Crippen molar-refractivity contribution in [3.63, 3.8) is 0 Å². The molecule has 3 aromatic rings. The summed E-state index contributed by atoms with van der Waals surface area (Å²) in [5.41, 5.74) is 2.40. The molecule has 3 aliphatic carbocycles. The zero-order valence-electron chi connectivity index (χ0n) is 16.7. The average Bonchev–Trinajstić information content (AvgIpc) is 3.10. The third kappa shape index (κ3) is 2.09. The van der Waals surface area contributed by atoms with Crippen molar-refractivity contribution in [3.8, 4) is 0 Å². The van der Waals surface area contributed by atoms with Gasteiger partial charge >= 0.3 is 0 Å². The standard InChI is InChI=1S/C25H17N2O5/c28-13-25-18-7-3-1-5-16(18)20(17-6-2-4-8-19(17)25)21-22(25)24(30)26(23(21)29)14-9-11-15(12-10-14)27(31)32/h1-13,20-22,31H/q-1/t20?,21-,22+,25?/m1/s1. The zero-order chi connectivity index (χ0) is 22.2. The molecule has 1 heterocycles. The van der Waals surface area contributed by atoms with Crippen LogP contribution in [0, 0.1) is 17.0 Å². The highest BCUT2D eigenvalue weighted by atomic mass is 16.8. The minimum Gasteiger partial charge on any atom is -0.733 e. The molecule has 1 aliphatic heterocycles. The zero-order valence-corrected chi connectivity index (χ0v) is 16.7. The van der Waals surface area contributed by atoms with Crippen LogP contribution in [0.1, 0.15) is 28.2 Å². The molecule has 2 bridgehead atoms. The van der Waals surface area contributed by atoms with E-state index in [1.807, 2.05) is 48.5 Å². The highest BCUT2D eigenvalue weighted by Gasteiger charge is 2.68. The Morgan fingerprint density at radius 2 is 1.44 bits per heavy atom. The Balaban J connectivity index is 1.58. The predicted molar refractivity (Wildman–Crippen MR) is 115 cm³/mol. The maximum atomic E-state index is 13.8. The van der Waals surface area contributed by atoms with Gasteiger partial charge in [0.25, 0.3) is 0 Å². The molecule has 158 valence electrons. The van der Waals surface area contributed by atoms with Gasteiger partial charge in [-0.3, -0.25) is 14.8 Å². The van der Waals surface area contributed by atoms with Crippen molar-refractivity contribution in [1.29, 1.82) is 0 Å². The normalized spacial score (nSPS) is 27.1. The van der Waals surface area contributed by atoms with Gasteiger partial charge in [-0.2, -0.15) is 0 Å². The number of imide groups is 1. The van der Waals surface area contributed by atoms with Crippen LogP contribution in [0.5, 0.6) is 0 Å².